The molecule has 0 amide bonds. The first kappa shape index (κ1) is 8.96. The summed E-state index contributed by atoms with van der Waals surface area (Å²) in [5.74, 6) is 0.596. The van der Waals surface area contributed by atoms with E-state index >= 15 is 0 Å². The van der Waals surface area contributed by atoms with Crippen LogP contribution >= 0.6 is 0 Å². The summed E-state index contributed by atoms with van der Waals surface area (Å²) < 4.78 is 6.60. The van der Waals surface area contributed by atoms with E-state index in [2.05, 4.69) is 10.1 Å². The summed E-state index contributed by atoms with van der Waals surface area (Å²) in [6, 6.07) is 3.63. The van der Waals surface area contributed by atoms with E-state index in [4.69, 9.17) is 10.5 Å². The van der Waals surface area contributed by atoms with Gasteiger partial charge in [-0.1, -0.05) is 0 Å². The third-order valence-corrected chi connectivity index (χ3v) is 2.00. The van der Waals surface area contributed by atoms with Crippen molar-refractivity contribution in [2.24, 2.45) is 0 Å². The monoisotopic (exact) mass is 192 g/mol. The summed E-state index contributed by atoms with van der Waals surface area (Å²) in [4.78, 5) is 4.15. The maximum Gasteiger partial charge on any atom is 0.157 e. The molecule has 2 aromatic rings. The van der Waals surface area contributed by atoms with Crippen molar-refractivity contribution < 1.29 is 4.74 Å². The minimum absolute atomic E-state index is 0.596. The minimum Gasteiger partial charge on any atom is -0.384 e. The van der Waals surface area contributed by atoms with Gasteiger partial charge in [0.25, 0.3) is 0 Å². The summed E-state index contributed by atoms with van der Waals surface area (Å²) in [5.41, 5.74) is 7.44. The molecule has 2 N–H and O–H groups in total. The van der Waals surface area contributed by atoms with Crippen LogP contribution in [-0.2, 0) is 11.2 Å². The fraction of sp³-hybridized carbons (Fsp3) is 0.333. The Kier molecular flexibility index (Phi) is 2.32. The summed E-state index contributed by atoms with van der Waals surface area (Å²) in [6.07, 6.45) is 2.45. The summed E-state index contributed by atoms with van der Waals surface area (Å²) in [6.45, 7) is 0.657. The van der Waals surface area contributed by atoms with Crippen LogP contribution in [0, 0.1) is 0 Å². The van der Waals surface area contributed by atoms with Crippen molar-refractivity contribution in [1.29, 1.82) is 0 Å². The number of methoxy groups -OCH3 is 1. The van der Waals surface area contributed by atoms with Gasteiger partial charge in [-0.2, -0.15) is 9.61 Å². The van der Waals surface area contributed by atoms with E-state index in [9.17, 15) is 0 Å². The molecule has 0 unspecified atom stereocenters. The summed E-state index contributed by atoms with van der Waals surface area (Å²) in [5, 5.41) is 4.30. The molecule has 0 aliphatic carbocycles. The summed E-state index contributed by atoms with van der Waals surface area (Å²) >= 11 is 0. The molecule has 2 aromatic heterocycles. The van der Waals surface area contributed by atoms with Gasteiger partial charge in [-0.15, -0.1) is 0 Å². The van der Waals surface area contributed by atoms with Crippen molar-refractivity contribution in [1.82, 2.24) is 14.6 Å². The van der Waals surface area contributed by atoms with Gasteiger partial charge < -0.3 is 10.5 Å². The van der Waals surface area contributed by atoms with Gasteiger partial charge >= 0.3 is 0 Å². The summed E-state index contributed by atoms with van der Waals surface area (Å²) in [7, 11) is 1.67. The number of anilines is 1. The van der Waals surface area contributed by atoms with E-state index in [1.807, 2.05) is 6.07 Å². The molecule has 2 heterocycles. The molecule has 14 heavy (non-hydrogen) atoms. The number of hydrogen-bond acceptors (Lipinski definition) is 4. The molecule has 0 radical (unpaired) electrons. The number of aromatic nitrogens is 3. The van der Waals surface area contributed by atoms with Crippen LogP contribution in [0.2, 0.25) is 0 Å². The van der Waals surface area contributed by atoms with Gasteiger partial charge in [0.05, 0.1) is 12.3 Å². The predicted octanol–water partition coefficient (Wildman–Crippen LogP) is 0.500. The van der Waals surface area contributed by atoms with E-state index in [1.54, 1.807) is 23.9 Å². The van der Waals surface area contributed by atoms with Crippen molar-refractivity contribution in [3.63, 3.8) is 0 Å². The highest BCUT2D eigenvalue weighted by atomic mass is 16.5. The number of ether oxygens (including phenoxy) is 1. The van der Waals surface area contributed by atoms with Crippen LogP contribution in [0.25, 0.3) is 5.65 Å². The molecule has 0 saturated heterocycles. The lowest BCUT2D eigenvalue weighted by atomic mass is 10.3. The lowest BCUT2D eigenvalue weighted by Gasteiger charge is -1.95. The van der Waals surface area contributed by atoms with Crippen LogP contribution in [0.1, 0.15) is 5.69 Å². The second-order valence-corrected chi connectivity index (χ2v) is 3.02. The Morgan fingerprint density at radius 1 is 1.57 bits per heavy atom. The highest BCUT2D eigenvalue weighted by Crippen LogP contribution is 2.08. The molecule has 0 aliphatic heterocycles. The first-order valence-corrected chi connectivity index (χ1v) is 4.39. The zero-order chi connectivity index (χ0) is 9.97. The van der Waals surface area contributed by atoms with Crippen molar-refractivity contribution in [2.75, 3.05) is 19.5 Å². The molecule has 0 spiro atoms. The standard InChI is InChI=1S/C9H12N4O/c1-14-5-3-7-6-9-11-4-2-8(10)13(9)12-7/h2,4,6H,3,5,10H2,1H3. The SMILES string of the molecule is COCCc1cc2nccc(N)n2n1. The zero-order valence-corrected chi connectivity index (χ0v) is 7.97. The first-order valence-electron chi connectivity index (χ1n) is 4.39. The van der Waals surface area contributed by atoms with E-state index in [-0.39, 0.29) is 0 Å². The average Bonchev–Trinajstić information content (AvgIpc) is 2.59. The smallest absolute Gasteiger partial charge is 0.157 e. The maximum atomic E-state index is 5.73. The maximum absolute atomic E-state index is 5.73. The van der Waals surface area contributed by atoms with Crippen molar-refractivity contribution in [3.05, 3.63) is 24.0 Å². The van der Waals surface area contributed by atoms with E-state index in [0.29, 0.717) is 12.4 Å². The highest BCUT2D eigenvalue weighted by molar-refractivity contribution is 5.46. The molecule has 74 valence electrons. The van der Waals surface area contributed by atoms with E-state index in [1.165, 1.54) is 0 Å². The minimum atomic E-state index is 0.596. The fourth-order valence-corrected chi connectivity index (χ4v) is 1.29. The Hall–Kier alpha value is -1.62. The third kappa shape index (κ3) is 1.54. The molecule has 0 bridgehead atoms. The topological polar surface area (TPSA) is 65.4 Å². The van der Waals surface area contributed by atoms with Crippen LogP contribution in [0.4, 0.5) is 5.82 Å². The van der Waals surface area contributed by atoms with Gasteiger partial charge in [0.15, 0.2) is 5.65 Å². The number of nitrogens with zero attached hydrogens (tertiary/aromatic N) is 3. The molecule has 5 heteroatoms. The van der Waals surface area contributed by atoms with Crippen LogP contribution in [0.3, 0.4) is 0 Å². The fourth-order valence-electron chi connectivity index (χ4n) is 1.29. The van der Waals surface area contributed by atoms with Crippen molar-refractivity contribution in [3.8, 4) is 0 Å². The van der Waals surface area contributed by atoms with Crippen molar-refractivity contribution >= 4 is 11.5 Å². The number of rotatable bonds is 3. The van der Waals surface area contributed by atoms with Gasteiger partial charge in [-0.25, -0.2) is 4.98 Å². The molecule has 2 rings (SSSR count). The number of nitrogens with two attached hydrogens (primary N) is 1. The van der Waals surface area contributed by atoms with Gasteiger partial charge in [0.2, 0.25) is 0 Å². The molecule has 0 saturated carbocycles. The number of hydrogen-bond donors (Lipinski definition) is 1. The van der Waals surface area contributed by atoms with Gasteiger partial charge in [0, 0.05) is 25.8 Å². The van der Waals surface area contributed by atoms with Crippen LogP contribution in [-0.4, -0.2) is 28.3 Å². The molecule has 5 nitrogen and oxygen atoms in total. The second-order valence-electron chi connectivity index (χ2n) is 3.02. The van der Waals surface area contributed by atoms with Gasteiger partial charge in [-0.3, -0.25) is 0 Å². The Labute approximate surface area is 81.5 Å². The molecular formula is C9H12N4O. The predicted molar refractivity (Wildman–Crippen MR) is 53.0 cm³/mol. The van der Waals surface area contributed by atoms with E-state index < -0.39 is 0 Å². The third-order valence-electron chi connectivity index (χ3n) is 2.00. The largest absolute Gasteiger partial charge is 0.384 e. The number of fused-ring (bicyclic) bond motifs is 1. The molecular weight excluding hydrogens is 180 g/mol. The Morgan fingerprint density at radius 2 is 2.43 bits per heavy atom. The Bertz CT molecular complexity index is 437. The molecule has 0 fully saturated rings. The van der Waals surface area contributed by atoms with Crippen LogP contribution in [0.5, 0.6) is 0 Å². The second kappa shape index (κ2) is 3.63. The number of nitrogen functional groups attached to an aromatic ring is 1. The first-order chi connectivity index (χ1) is 6.81. The van der Waals surface area contributed by atoms with Crippen LogP contribution in [0.15, 0.2) is 18.3 Å². The van der Waals surface area contributed by atoms with Gasteiger partial charge in [0.1, 0.15) is 5.82 Å². The molecule has 0 aromatic carbocycles. The van der Waals surface area contributed by atoms with E-state index in [0.717, 1.165) is 17.8 Å². The Balaban J connectivity index is 2.36. The van der Waals surface area contributed by atoms with Crippen LogP contribution < -0.4 is 5.73 Å². The lowest BCUT2D eigenvalue weighted by Crippen LogP contribution is -2.00. The molecule has 0 aliphatic rings. The Morgan fingerprint density at radius 3 is 3.14 bits per heavy atom. The quantitative estimate of drug-likeness (QED) is 0.769. The highest BCUT2D eigenvalue weighted by Gasteiger charge is 2.03. The zero-order valence-electron chi connectivity index (χ0n) is 7.97. The average molecular weight is 192 g/mol. The van der Waals surface area contributed by atoms with Gasteiger partial charge in [-0.05, 0) is 6.07 Å². The molecule has 0 atom stereocenters. The normalized spacial score (nSPS) is 10.9. The lowest BCUT2D eigenvalue weighted by molar-refractivity contribution is 0.201. The van der Waals surface area contributed by atoms with Crippen molar-refractivity contribution in [2.45, 2.75) is 6.42 Å².